The number of carbonyl (C=O) groups excluding carboxylic acids is 1. The van der Waals surface area contributed by atoms with E-state index in [9.17, 15) is 22.4 Å². The molecule has 0 aliphatic carbocycles. The van der Waals surface area contributed by atoms with Gasteiger partial charge in [-0.05, 0) is 18.2 Å². The number of carbonyl (C=O) groups is 1. The first-order chi connectivity index (χ1) is 10.8. The van der Waals surface area contributed by atoms with Crippen LogP contribution in [0.2, 0.25) is 0 Å². The Kier molecular flexibility index (Phi) is 3.50. The van der Waals surface area contributed by atoms with Crippen molar-refractivity contribution in [2.75, 3.05) is 18.8 Å². The summed E-state index contributed by atoms with van der Waals surface area (Å²) in [4.78, 5) is 13.5. The zero-order valence-corrected chi connectivity index (χ0v) is 11.6. The number of nitrogen functional groups attached to an aromatic ring is 1. The van der Waals surface area contributed by atoms with E-state index in [-0.39, 0.29) is 17.4 Å². The molecular weight excluding hydrogens is 318 g/mol. The zero-order valence-electron chi connectivity index (χ0n) is 11.6. The lowest BCUT2D eigenvalue weighted by Gasteiger charge is -2.38. The molecule has 0 saturated carbocycles. The largest absolute Gasteiger partial charge is 0.419 e. The van der Waals surface area contributed by atoms with E-state index in [1.54, 1.807) is 6.07 Å². The second-order valence-corrected chi connectivity index (χ2v) is 5.25. The van der Waals surface area contributed by atoms with Gasteiger partial charge in [0.2, 0.25) is 5.88 Å². The van der Waals surface area contributed by atoms with Gasteiger partial charge in [-0.25, -0.2) is 4.39 Å². The average Bonchev–Trinajstić information content (AvgIpc) is 2.81. The summed E-state index contributed by atoms with van der Waals surface area (Å²) in [7, 11) is 0. The molecule has 1 aliphatic heterocycles. The summed E-state index contributed by atoms with van der Waals surface area (Å²) in [6.45, 7) is 0.626. The summed E-state index contributed by atoms with van der Waals surface area (Å²) in [6.07, 6.45) is -4.79. The Morgan fingerprint density at radius 1 is 1.30 bits per heavy atom. The van der Waals surface area contributed by atoms with Crippen LogP contribution in [-0.4, -0.2) is 29.1 Å². The molecule has 5 nitrogen and oxygen atoms in total. The highest BCUT2D eigenvalue weighted by Crippen LogP contribution is 2.33. The van der Waals surface area contributed by atoms with Crippen LogP contribution in [0, 0.1) is 5.82 Å². The van der Waals surface area contributed by atoms with Crippen LogP contribution in [0.25, 0.3) is 0 Å². The molecule has 1 aliphatic rings. The minimum Gasteiger partial charge on any atom is -0.368 e. The van der Waals surface area contributed by atoms with Gasteiger partial charge in [-0.1, -0.05) is 5.16 Å². The smallest absolute Gasteiger partial charge is 0.368 e. The highest BCUT2D eigenvalue weighted by atomic mass is 19.4. The number of aromatic nitrogens is 1. The maximum absolute atomic E-state index is 13.5. The van der Waals surface area contributed by atoms with Gasteiger partial charge in [0.15, 0.2) is 0 Å². The van der Waals surface area contributed by atoms with Gasteiger partial charge in [-0.3, -0.25) is 4.79 Å². The van der Waals surface area contributed by atoms with Gasteiger partial charge in [0.05, 0.1) is 11.3 Å². The summed E-state index contributed by atoms with van der Waals surface area (Å²) >= 11 is 0. The Hall–Kier alpha value is -2.58. The lowest BCUT2D eigenvalue weighted by Crippen LogP contribution is -2.48. The molecule has 1 aromatic carbocycles. The number of alkyl halides is 3. The number of likely N-dealkylation sites (tertiary alicyclic amines) is 1. The number of hydrogen-bond donors (Lipinski definition) is 1. The molecule has 0 unspecified atom stereocenters. The summed E-state index contributed by atoms with van der Waals surface area (Å²) in [5.74, 6) is -1.90. The SMILES string of the molecule is Nc1cc(C2CN(C(=O)c3ccc(C(F)(F)F)c(F)c3)C2)no1. The third-order valence-corrected chi connectivity index (χ3v) is 3.66. The van der Waals surface area contributed by atoms with Gasteiger partial charge in [0.25, 0.3) is 5.91 Å². The molecular formula is C14H11F4N3O2. The van der Waals surface area contributed by atoms with E-state index in [0.717, 1.165) is 6.07 Å². The molecule has 3 rings (SSSR count). The van der Waals surface area contributed by atoms with Crippen LogP contribution in [0.15, 0.2) is 28.8 Å². The predicted octanol–water partition coefficient (Wildman–Crippen LogP) is 2.65. The topological polar surface area (TPSA) is 72.4 Å². The third kappa shape index (κ3) is 2.86. The maximum atomic E-state index is 13.5. The van der Waals surface area contributed by atoms with Crippen LogP contribution >= 0.6 is 0 Å². The van der Waals surface area contributed by atoms with Gasteiger partial charge in [-0.2, -0.15) is 13.2 Å². The highest BCUT2D eigenvalue weighted by molar-refractivity contribution is 5.95. The fourth-order valence-corrected chi connectivity index (χ4v) is 2.39. The van der Waals surface area contributed by atoms with Gasteiger partial charge in [0.1, 0.15) is 5.82 Å². The minimum atomic E-state index is -4.79. The van der Waals surface area contributed by atoms with Crippen LogP contribution in [0.5, 0.6) is 0 Å². The van der Waals surface area contributed by atoms with Crippen LogP contribution in [0.1, 0.15) is 27.5 Å². The standard InChI is InChI=1S/C14H11F4N3O2/c15-10-3-7(1-2-9(10)14(16,17)18)13(22)21-5-8(6-21)11-4-12(19)23-20-11/h1-4,8H,5-6,19H2. The van der Waals surface area contributed by atoms with Crippen molar-refractivity contribution in [3.63, 3.8) is 0 Å². The molecule has 2 aromatic rings. The van der Waals surface area contributed by atoms with Crippen molar-refractivity contribution in [2.24, 2.45) is 0 Å². The van der Waals surface area contributed by atoms with Gasteiger partial charge in [0, 0.05) is 30.6 Å². The normalized spacial score (nSPS) is 15.6. The second kappa shape index (κ2) is 5.25. The first kappa shape index (κ1) is 15.3. The van der Waals surface area contributed by atoms with Crippen molar-refractivity contribution in [3.05, 3.63) is 46.9 Å². The Balaban J connectivity index is 1.69. The first-order valence-corrected chi connectivity index (χ1v) is 6.64. The number of anilines is 1. The minimum absolute atomic E-state index is 0.0562. The average molecular weight is 329 g/mol. The third-order valence-electron chi connectivity index (χ3n) is 3.66. The Morgan fingerprint density at radius 2 is 2.00 bits per heavy atom. The van der Waals surface area contributed by atoms with Crippen LogP contribution in [0.3, 0.4) is 0 Å². The molecule has 0 radical (unpaired) electrons. The zero-order chi connectivity index (χ0) is 16.8. The van der Waals surface area contributed by atoms with Gasteiger partial charge in [-0.15, -0.1) is 0 Å². The summed E-state index contributed by atoms with van der Waals surface area (Å²) in [5.41, 5.74) is 4.48. The second-order valence-electron chi connectivity index (χ2n) is 5.25. The van der Waals surface area contributed by atoms with Gasteiger partial charge < -0.3 is 15.2 Å². The van der Waals surface area contributed by atoms with Crippen LogP contribution in [-0.2, 0) is 6.18 Å². The number of nitrogens with two attached hydrogens (primary N) is 1. The van der Waals surface area contributed by atoms with E-state index in [0.29, 0.717) is 30.9 Å². The molecule has 122 valence electrons. The predicted molar refractivity (Wildman–Crippen MR) is 71.0 cm³/mol. The first-order valence-electron chi connectivity index (χ1n) is 6.64. The number of halogens is 4. The van der Waals surface area contributed by atoms with Crippen molar-refractivity contribution in [3.8, 4) is 0 Å². The molecule has 0 atom stereocenters. The van der Waals surface area contributed by atoms with E-state index in [2.05, 4.69) is 5.16 Å². The van der Waals surface area contributed by atoms with Crippen molar-refractivity contribution in [1.29, 1.82) is 0 Å². The molecule has 1 aromatic heterocycles. The maximum Gasteiger partial charge on any atom is 0.419 e. The molecule has 9 heteroatoms. The molecule has 0 bridgehead atoms. The number of rotatable bonds is 2. The van der Waals surface area contributed by atoms with Crippen molar-refractivity contribution in [1.82, 2.24) is 10.1 Å². The molecule has 1 saturated heterocycles. The van der Waals surface area contributed by atoms with E-state index in [1.165, 1.54) is 4.90 Å². The van der Waals surface area contributed by atoms with E-state index >= 15 is 0 Å². The number of hydrogen-bond acceptors (Lipinski definition) is 4. The number of benzene rings is 1. The van der Waals surface area contributed by atoms with Crippen LogP contribution < -0.4 is 5.73 Å². The molecule has 1 amide bonds. The Morgan fingerprint density at radius 3 is 2.52 bits per heavy atom. The van der Waals surface area contributed by atoms with E-state index < -0.39 is 23.5 Å². The molecule has 2 N–H and O–H groups in total. The molecule has 0 spiro atoms. The summed E-state index contributed by atoms with van der Waals surface area (Å²) in [6, 6.07) is 3.69. The van der Waals surface area contributed by atoms with Gasteiger partial charge >= 0.3 is 6.18 Å². The van der Waals surface area contributed by atoms with E-state index in [4.69, 9.17) is 10.3 Å². The monoisotopic (exact) mass is 329 g/mol. The van der Waals surface area contributed by atoms with Crippen molar-refractivity contribution >= 4 is 11.8 Å². The fraction of sp³-hybridized carbons (Fsp3) is 0.286. The Labute approximate surface area is 127 Å². The van der Waals surface area contributed by atoms with Crippen LogP contribution in [0.4, 0.5) is 23.4 Å². The van der Waals surface area contributed by atoms with Crippen molar-refractivity contribution in [2.45, 2.75) is 12.1 Å². The Bertz CT molecular complexity index is 751. The molecule has 23 heavy (non-hydrogen) atoms. The highest BCUT2D eigenvalue weighted by Gasteiger charge is 2.37. The molecule has 1 fully saturated rings. The lowest BCUT2D eigenvalue weighted by atomic mass is 9.95. The number of nitrogens with zero attached hydrogens (tertiary/aromatic N) is 2. The summed E-state index contributed by atoms with van der Waals surface area (Å²) in [5, 5.41) is 3.73. The number of amides is 1. The quantitative estimate of drug-likeness (QED) is 0.860. The fourth-order valence-electron chi connectivity index (χ4n) is 2.39. The lowest BCUT2D eigenvalue weighted by molar-refractivity contribution is -0.140. The van der Waals surface area contributed by atoms with Crippen molar-refractivity contribution < 1.29 is 26.9 Å². The summed E-state index contributed by atoms with van der Waals surface area (Å²) < 4.78 is 55.7. The van der Waals surface area contributed by atoms with E-state index in [1.807, 2.05) is 0 Å². The molecule has 2 heterocycles.